The fourth-order valence-electron chi connectivity index (χ4n) is 6.25. The molecule has 6 nitrogen and oxygen atoms in total. The molecule has 0 heterocycles. The molecular formula is C39H38N2O4. The number of hydrogen-bond acceptors (Lipinski definition) is 6. The summed E-state index contributed by atoms with van der Waals surface area (Å²) in [7, 11) is 0. The molecule has 228 valence electrons. The predicted octanol–water partition coefficient (Wildman–Crippen LogP) is 7.42. The van der Waals surface area contributed by atoms with Gasteiger partial charge in [-0.05, 0) is 82.9 Å². The van der Waals surface area contributed by atoms with Crippen molar-refractivity contribution in [2.24, 2.45) is 0 Å². The minimum absolute atomic E-state index is 0.133. The van der Waals surface area contributed by atoms with Crippen molar-refractivity contribution < 1.29 is 20.4 Å². The van der Waals surface area contributed by atoms with Gasteiger partial charge in [0.2, 0.25) is 0 Å². The molecule has 0 atom stereocenters. The summed E-state index contributed by atoms with van der Waals surface area (Å²) in [6.45, 7) is 4.04. The van der Waals surface area contributed by atoms with E-state index in [0.717, 1.165) is 49.6 Å². The number of rotatable bonds is 10. The third-order valence-corrected chi connectivity index (χ3v) is 8.51. The number of anilines is 2. The summed E-state index contributed by atoms with van der Waals surface area (Å²) in [5.41, 5.74) is 4.56. The molecule has 6 aromatic carbocycles. The summed E-state index contributed by atoms with van der Waals surface area (Å²) in [5, 5.41) is 49.7. The van der Waals surface area contributed by atoms with Gasteiger partial charge in [-0.25, -0.2) is 0 Å². The maximum Gasteiger partial charge on any atom is 0.198 e. The maximum atomic E-state index is 11.7. The number of aryl methyl sites for hydroxylation is 2. The van der Waals surface area contributed by atoms with Crippen molar-refractivity contribution in [3.8, 4) is 11.5 Å². The van der Waals surface area contributed by atoms with Gasteiger partial charge >= 0.3 is 0 Å². The van der Waals surface area contributed by atoms with Crippen LogP contribution in [0.5, 0.6) is 11.5 Å². The molecule has 0 bridgehead atoms. The lowest BCUT2D eigenvalue weighted by Gasteiger charge is -2.37. The van der Waals surface area contributed by atoms with E-state index in [1.54, 1.807) is 0 Å². The SMILES string of the molecule is Cc1cc2ccccc2c(CN(CC(O)(O)CN(Cc2cc3ccccc3c(C)c2O)c2ccccc2)c2ccccc2)c1O. The number of para-hydroxylation sites is 2. The van der Waals surface area contributed by atoms with Crippen molar-refractivity contribution >= 4 is 32.9 Å². The lowest BCUT2D eigenvalue weighted by molar-refractivity contribution is -0.144. The molecule has 6 rings (SSSR count). The zero-order chi connectivity index (χ0) is 31.6. The van der Waals surface area contributed by atoms with E-state index in [0.29, 0.717) is 5.56 Å². The van der Waals surface area contributed by atoms with Crippen LogP contribution in [0.1, 0.15) is 22.3 Å². The Kier molecular flexibility index (Phi) is 8.35. The molecule has 0 radical (unpaired) electrons. The largest absolute Gasteiger partial charge is 0.507 e. The molecular weight excluding hydrogens is 560 g/mol. The van der Waals surface area contributed by atoms with Crippen LogP contribution in [0, 0.1) is 13.8 Å². The highest BCUT2D eigenvalue weighted by Gasteiger charge is 2.31. The van der Waals surface area contributed by atoms with E-state index in [2.05, 4.69) is 0 Å². The Morgan fingerprint density at radius 3 is 1.64 bits per heavy atom. The lowest BCUT2D eigenvalue weighted by atomic mass is 9.99. The van der Waals surface area contributed by atoms with Gasteiger partial charge in [0.05, 0.1) is 13.1 Å². The first-order valence-corrected chi connectivity index (χ1v) is 15.2. The molecule has 0 unspecified atom stereocenters. The van der Waals surface area contributed by atoms with Crippen LogP contribution >= 0.6 is 0 Å². The topological polar surface area (TPSA) is 87.4 Å². The quantitative estimate of drug-likeness (QED) is 0.123. The summed E-state index contributed by atoms with van der Waals surface area (Å²) in [6.07, 6.45) is 0. The number of nitrogens with zero attached hydrogens (tertiary/aromatic N) is 2. The summed E-state index contributed by atoms with van der Waals surface area (Å²) in [6, 6.07) is 38.9. The molecule has 45 heavy (non-hydrogen) atoms. The zero-order valence-electron chi connectivity index (χ0n) is 25.6. The zero-order valence-corrected chi connectivity index (χ0v) is 25.6. The molecule has 0 fully saturated rings. The highest BCUT2D eigenvalue weighted by atomic mass is 16.5. The molecule has 0 amide bonds. The van der Waals surface area contributed by atoms with E-state index in [9.17, 15) is 20.4 Å². The van der Waals surface area contributed by atoms with Crippen molar-refractivity contribution in [2.45, 2.75) is 32.7 Å². The Bertz CT molecular complexity index is 1940. The third-order valence-electron chi connectivity index (χ3n) is 8.51. The van der Waals surface area contributed by atoms with Gasteiger partial charge in [0.25, 0.3) is 0 Å². The van der Waals surface area contributed by atoms with Gasteiger partial charge in [-0.1, -0.05) is 84.9 Å². The fraction of sp³-hybridized carbons (Fsp3) is 0.179. The van der Waals surface area contributed by atoms with Crippen molar-refractivity contribution in [3.05, 3.63) is 144 Å². The van der Waals surface area contributed by atoms with E-state index in [4.69, 9.17) is 0 Å². The molecule has 0 saturated heterocycles. The Morgan fingerprint density at radius 1 is 0.556 bits per heavy atom. The number of benzene rings is 6. The van der Waals surface area contributed by atoms with E-state index >= 15 is 0 Å². The van der Waals surface area contributed by atoms with Crippen LogP contribution in [0.3, 0.4) is 0 Å². The first-order chi connectivity index (χ1) is 21.7. The van der Waals surface area contributed by atoms with Crippen molar-refractivity contribution in [3.63, 3.8) is 0 Å². The third kappa shape index (κ3) is 6.43. The second-order valence-electron chi connectivity index (χ2n) is 11.8. The monoisotopic (exact) mass is 598 g/mol. The van der Waals surface area contributed by atoms with Crippen LogP contribution in [0.2, 0.25) is 0 Å². The number of phenolic OH excluding ortho intramolecular Hbond substituents is 2. The van der Waals surface area contributed by atoms with E-state index in [1.807, 2.05) is 145 Å². The van der Waals surface area contributed by atoms with Gasteiger partial charge in [0.1, 0.15) is 11.5 Å². The molecule has 0 aliphatic carbocycles. The molecule has 0 saturated carbocycles. The van der Waals surface area contributed by atoms with E-state index < -0.39 is 5.79 Å². The summed E-state index contributed by atoms with van der Waals surface area (Å²) in [5.74, 6) is -1.78. The minimum atomic E-state index is -2.18. The number of phenols is 2. The predicted molar refractivity (Wildman–Crippen MR) is 183 cm³/mol. The molecule has 4 N–H and O–H groups in total. The smallest absolute Gasteiger partial charge is 0.198 e. The van der Waals surface area contributed by atoms with E-state index in [1.165, 1.54) is 0 Å². The maximum absolute atomic E-state index is 11.7. The van der Waals surface area contributed by atoms with Gasteiger partial charge in [-0.15, -0.1) is 0 Å². The second kappa shape index (κ2) is 12.5. The average Bonchev–Trinajstić information content (AvgIpc) is 3.05. The Morgan fingerprint density at radius 2 is 1.04 bits per heavy atom. The first kappa shape index (κ1) is 30.0. The summed E-state index contributed by atoms with van der Waals surface area (Å²) < 4.78 is 0. The molecule has 0 spiro atoms. The number of aliphatic hydroxyl groups is 2. The van der Waals surface area contributed by atoms with Gasteiger partial charge in [-0.2, -0.15) is 0 Å². The van der Waals surface area contributed by atoms with Crippen LogP contribution in [-0.4, -0.2) is 39.3 Å². The second-order valence-corrected chi connectivity index (χ2v) is 11.8. The van der Waals surface area contributed by atoms with Gasteiger partial charge in [-0.3, -0.25) is 0 Å². The molecule has 0 aromatic heterocycles. The average molecular weight is 599 g/mol. The van der Waals surface area contributed by atoms with Crippen LogP contribution in [0.25, 0.3) is 21.5 Å². The standard InChI is InChI=1S/C39H38N2O4/c1-27-21-29-13-10-12-20-35(29)36(37(27)42)24-41(33-17-7-4-8-18-33)26-39(44,45)25-40(32-15-5-3-6-16-32)23-31-22-30-14-9-11-19-34(30)28(2)38(31)43/h3-22,42-45H,23-26H2,1-2H3. The van der Waals surface area contributed by atoms with Crippen molar-refractivity contribution in [1.29, 1.82) is 0 Å². The normalized spacial score (nSPS) is 11.6. The highest BCUT2D eigenvalue weighted by Crippen LogP contribution is 2.35. The number of aromatic hydroxyl groups is 2. The number of hydrogen-bond donors (Lipinski definition) is 4. The molecule has 0 aliphatic rings. The van der Waals surface area contributed by atoms with Crippen LogP contribution in [-0.2, 0) is 13.1 Å². The van der Waals surface area contributed by atoms with Crippen molar-refractivity contribution in [1.82, 2.24) is 0 Å². The molecule has 0 aliphatic heterocycles. The van der Waals surface area contributed by atoms with Gasteiger partial charge in [0, 0.05) is 35.6 Å². The van der Waals surface area contributed by atoms with E-state index in [-0.39, 0.29) is 37.7 Å². The summed E-state index contributed by atoms with van der Waals surface area (Å²) >= 11 is 0. The van der Waals surface area contributed by atoms with Crippen LogP contribution in [0.4, 0.5) is 11.4 Å². The Balaban J connectivity index is 1.35. The highest BCUT2D eigenvalue weighted by molar-refractivity contribution is 5.90. The van der Waals surface area contributed by atoms with Crippen LogP contribution in [0.15, 0.2) is 121 Å². The van der Waals surface area contributed by atoms with Gasteiger partial charge < -0.3 is 30.2 Å². The molecule has 6 aromatic rings. The number of fused-ring (bicyclic) bond motifs is 2. The molecule has 6 heteroatoms. The summed E-state index contributed by atoms with van der Waals surface area (Å²) in [4.78, 5) is 3.77. The Labute approximate surface area is 263 Å². The van der Waals surface area contributed by atoms with Gasteiger partial charge in [0.15, 0.2) is 5.79 Å². The Hall–Kier alpha value is -5.04. The van der Waals surface area contributed by atoms with Crippen molar-refractivity contribution in [2.75, 3.05) is 22.9 Å². The first-order valence-electron chi connectivity index (χ1n) is 15.2. The lowest BCUT2D eigenvalue weighted by Crippen LogP contribution is -2.51. The fourth-order valence-corrected chi connectivity index (χ4v) is 6.25. The minimum Gasteiger partial charge on any atom is -0.507 e. The van der Waals surface area contributed by atoms with Crippen LogP contribution < -0.4 is 9.80 Å².